The average molecular weight is 283 g/mol. The highest BCUT2D eigenvalue weighted by molar-refractivity contribution is 7.10. The number of nitrogens with two attached hydrogens (primary N) is 1. The number of carboxylic acid groups (broad SMARTS) is 1. The van der Waals surface area contributed by atoms with Crippen LogP contribution in [0.4, 0.5) is 13.2 Å². The van der Waals surface area contributed by atoms with Crippen molar-refractivity contribution in [3.05, 3.63) is 15.8 Å². The number of fused-ring (bicyclic) bond motifs is 1. The number of aryl methyl sites for hydroxylation is 1. The van der Waals surface area contributed by atoms with E-state index in [1.54, 1.807) is 11.3 Å². The second-order valence-corrected chi connectivity index (χ2v) is 4.71. The lowest BCUT2D eigenvalue weighted by Gasteiger charge is -2.19. The van der Waals surface area contributed by atoms with Crippen LogP contribution in [0, 0.1) is 6.92 Å². The molecule has 2 heterocycles. The molecule has 0 spiro atoms. The molecule has 0 radical (unpaired) electrons. The van der Waals surface area contributed by atoms with Crippen LogP contribution in [-0.2, 0) is 11.2 Å². The summed E-state index contributed by atoms with van der Waals surface area (Å²) in [4.78, 5) is 10.2. The Morgan fingerprint density at radius 1 is 1.61 bits per heavy atom. The summed E-state index contributed by atoms with van der Waals surface area (Å²) < 4.78 is 37.2. The molecule has 1 unspecified atom stereocenters. The SMILES string of the molecule is Cc1csc2c1OCC(N)C2.O=C(O)C(F)(F)F. The lowest BCUT2D eigenvalue weighted by atomic mass is 10.1. The standard InChI is InChI=1S/C8H11NOS.C2HF3O2/c1-5-4-11-7-2-6(9)3-10-8(5)7;3-2(4,5)1(6)7/h4,6H,2-3,9H2,1H3;(H,6,7). The summed E-state index contributed by atoms with van der Waals surface area (Å²) in [7, 11) is 0. The first-order valence-corrected chi connectivity index (χ1v) is 5.85. The molecule has 0 saturated carbocycles. The highest BCUT2D eigenvalue weighted by Gasteiger charge is 2.38. The lowest BCUT2D eigenvalue weighted by Crippen LogP contribution is -2.33. The largest absolute Gasteiger partial charge is 0.491 e. The number of carboxylic acids is 1. The van der Waals surface area contributed by atoms with Gasteiger partial charge in [0.05, 0.1) is 0 Å². The topological polar surface area (TPSA) is 72.5 Å². The predicted octanol–water partition coefficient (Wildman–Crippen LogP) is 1.95. The van der Waals surface area contributed by atoms with Gasteiger partial charge in [0.2, 0.25) is 0 Å². The first-order valence-electron chi connectivity index (χ1n) is 4.97. The van der Waals surface area contributed by atoms with Crippen molar-refractivity contribution in [2.24, 2.45) is 5.73 Å². The number of ether oxygens (including phenoxy) is 1. The van der Waals surface area contributed by atoms with E-state index in [2.05, 4.69) is 12.3 Å². The van der Waals surface area contributed by atoms with Crippen LogP contribution in [0.2, 0.25) is 0 Å². The van der Waals surface area contributed by atoms with Gasteiger partial charge in [-0.1, -0.05) is 0 Å². The van der Waals surface area contributed by atoms with Crippen LogP contribution in [0.25, 0.3) is 0 Å². The third-order valence-electron chi connectivity index (χ3n) is 2.12. The van der Waals surface area contributed by atoms with Crippen LogP contribution in [-0.4, -0.2) is 29.9 Å². The molecule has 3 N–H and O–H groups in total. The Kier molecular flexibility index (Phi) is 4.58. The van der Waals surface area contributed by atoms with Crippen LogP contribution in [0.1, 0.15) is 10.4 Å². The number of hydrogen-bond donors (Lipinski definition) is 2. The van der Waals surface area contributed by atoms with Gasteiger partial charge in [-0.3, -0.25) is 0 Å². The van der Waals surface area contributed by atoms with Gasteiger partial charge in [-0.05, 0) is 12.3 Å². The first kappa shape index (κ1) is 14.8. The maximum absolute atomic E-state index is 10.6. The van der Waals surface area contributed by atoms with Gasteiger partial charge < -0.3 is 15.6 Å². The number of thiophene rings is 1. The monoisotopic (exact) mass is 283 g/mol. The van der Waals surface area contributed by atoms with Crippen molar-refractivity contribution in [1.82, 2.24) is 0 Å². The molecule has 2 rings (SSSR count). The summed E-state index contributed by atoms with van der Waals surface area (Å²) >= 11 is 1.75. The van der Waals surface area contributed by atoms with Gasteiger partial charge in [0.25, 0.3) is 0 Å². The van der Waals surface area contributed by atoms with Gasteiger partial charge in [0.15, 0.2) is 0 Å². The van der Waals surface area contributed by atoms with Crippen LogP contribution in [0.5, 0.6) is 5.75 Å². The molecule has 1 atom stereocenters. The predicted molar refractivity (Wildman–Crippen MR) is 59.9 cm³/mol. The molecule has 0 aromatic carbocycles. The molecule has 1 aliphatic rings. The number of carbonyl (C=O) groups is 1. The smallest absolute Gasteiger partial charge is 0.490 e. The number of hydrogen-bond acceptors (Lipinski definition) is 4. The summed E-state index contributed by atoms with van der Waals surface area (Å²) in [6, 6.07) is 0.195. The van der Waals surface area contributed by atoms with E-state index in [0.717, 1.165) is 12.2 Å². The Labute approximate surface area is 105 Å². The van der Waals surface area contributed by atoms with E-state index in [9.17, 15) is 13.2 Å². The van der Waals surface area contributed by atoms with E-state index >= 15 is 0 Å². The Bertz CT molecular complexity index is 430. The van der Waals surface area contributed by atoms with E-state index in [1.807, 2.05) is 0 Å². The highest BCUT2D eigenvalue weighted by Crippen LogP contribution is 2.33. The van der Waals surface area contributed by atoms with Crippen LogP contribution >= 0.6 is 11.3 Å². The molecule has 8 heteroatoms. The molecule has 4 nitrogen and oxygen atoms in total. The Morgan fingerprint density at radius 3 is 2.67 bits per heavy atom. The molecular formula is C10H12F3NO3S. The molecule has 18 heavy (non-hydrogen) atoms. The zero-order valence-electron chi connectivity index (χ0n) is 9.45. The van der Waals surface area contributed by atoms with E-state index in [1.165, 1.54) is 10.4 Å². The fourth-order valence-electron chi connectivity index (χ4n) is 1.31. The van der Waals surface area contributed by atoms with Gasteiger partial charge in [-0.25, -0.2) is 4.79 Å². The molecule has 0 saturated heterocycles. The van der Waals surface area contributed by atoms with Crippen molar-refractivity contribution in [1.29, 1.82) is 0 Å². The van der Waals surface area contributed by atoms with Gasteiger partial charge in [-0.15, -0.1) is 11.3 Å². The summed E-state index contributed by atoms with van der Waals surface area (Å²) in [6.07, 6.45) is -4.10. The van der Waals surface area contributed by atoms with Gasteiger partial charge in [-0.2, -0.15) is 13.2 Å². The molecule has 1 aliphatic heterocycles. The Hall–Kier alpha value is -1.28. The van der Waals surface area contributed by atoms with Crippen molar-refractivity contribution in [2.45, 2.75) is 25.6 Å². The maximum Gasteiger partial charge on any atom is 0.490 e. The number of halogens is 3. The lowest BCUT2D eigenvalue weighted by molar-refractivity contribution is -0.192. The van der Waals surface area contributed by atoms with Gasteiger partial charge in [0, 0.05) is 22.9 Å². The van der Waals surface area contributed by atoms with Crippen molar-refractivity contribution in [3.8, 4) is 5.75 Å². The minimum atomic E-state index is -5.08. The minimum absolute atomic E-state index is 0.195. The molecule has 0 fully saturated rings. The fraction of sp³-hybridized carbons (Fsp3) is 0.500. The first-order chi connectivity index (χ1) is 8.21. The van der Waals surface area contributed by atoms with Crippen LogP contribution in [0.15, 0.2) is 5.38 Å². The Balaban J connectivity index is 0.000000203. The zero-order valence-corrected chi connectivity index (χ0v) is 10.3. The molecule has 0 amide bonds. The van der Waals surface area contributed by atoms with Gasteiger partial charge >= 0.3 is 12.1 Å². The van der Waals surface area contributed by atoms with Crippen molar-refractivity contribution in [3.63, 3.8) is 0 Å². The van der Waals surface area contributed by atoms with Crippen molar-refractivity contribution >= 4 is 17.3 Å². The summed E-state index contributed by atoms with van der Waals surface area (Å²) in [5.74, 6) is -1.68. The van der Waals surface area contributed by atoms with Crippen molar-refractivity contribution in [2.75, 3.05) is 6.61 Å². The third kappa shape index (κ3) is 3.88. The van der Waals surface area contributed by atoms with E-state index in [-0.39, 0.29) is 6.04 Å². The highest BCUT2D eigenvalue weighted by atomic mass is 32.1. The minimum Gasteiger partial charge on any atom is -0.491 e. The molecule has 1 aromatic heterocycles. The van der Waals surface area contributed by atoms with Crippen LogP contribution < -0.4 is 10.5 Å². The maximum atomic E-state index is 10.6. The zero-order chi connectivity index (χ0) is 13.9. The summed E-state index contributed by atoms with van der Waals surface area (Å²) in [5, 5.41) is 9.25. The average Bonchev–Trinajstić information content (AvgIpc) is 2.59. The molecular weight excluding hydrogens is 271 g/mol. The quantitative estimate of drug-likeness (QED) is 0.763. The molecule has 0 bridgehead atoms. The van der Waals surface area contributed by atoms with Crippen LogP contribution in [0.3, 0.4) is 0 Å². The third-order valence-corrected chi connectivity index (χ3v) is 3.23. The molecule has 0 aliphatic carbocycles. The second kappa shape index (κ2) is 5.57. The molecule has 1 aromatic rings. The Morgan fingerprint density at radius 2 is 2.17 bits per heavy atom. The van der Waals surface area contributed by atoms with E-state index < -0.39 is 12.1 Å². The fourth-order valence-corrected chi connectivity index (χ4v) is 2.37. The summed E-state index contributed by atoms with van der Waals surface area (Å²) in [5.41, 5.74) is 6.99. The van der Waals surface area contributed by atoms with E-state index in [0.29, 0.717) is 6.61 Å². The summed E-state index contributed by atoms with van der Waals surface area (Å²) in [6.45, 7) is 2.75. The second-order valence-electron chi connectivity index (χ2n) is 3.75. The number of rotatable bonds is 0. The number of alkyl halides is 3. The van der Waals surface area contributed by atoms with E-state index in [4.69, 9.17) is 20.4 Å². The normalized spacial score (nSPS) is 18.2. The molecule has 102 valence electrons. The van der Waals surface area contributed by atoms with Gasteiger partial charge in [0.1, 0.15) is 12.4 Å². The van der Waals surface area contributed by atoms with Crippen molar-refractivity contribution < 1.29 is 27.8 Å². The number of aliphatic carboxylic acids is 1.